The highest BCUT2D eigenvalue weighted by molar-refractivity contribution is 7.11. The van der Waals surface area contributed by atoms with Crippen LogP contribution in [0.1, 0.15) is 12.0 Å². The predicted octanol–water partition coefficient (Wildman–Crippen LogP) is 10.8. The average Bonchev–Trinajstić information content (AvgIpc) is 3.28. The minimum Gasteiger partial charge on any atom is -0.294 e. The summed E-state index contributed by atoms with van der Waals surface area (Å²) in [6.45, 7) is 3.84. The van der Waals surface area contributed by atoms with Gasteiger partial charge in [0.15, 0.2) is 8.07 Å². The van der Waals surface area contributed by atoms with Crippen molar-refractivity contribution in [3.05, 3.63) is 236 Å². The number of fused-ring (bicyclic) bond motifs is 3. The van der Waals surface area contributed by atoms with Gasteiger partial charge < -0.3 is 0 Å². The topological polar surface area (TPSA) is 17.3 Å². The second kappa shape index (κ2) is 16.9. The normalized spacial score (nSPS) is 15.1. The van der Waals surface area contributed by atoms with E-state index in [1.54, 1.807) is 0 Å². The van der Waals surface area contributed by atoms with Gasteiger partial charge in [0, 0.05) is 23.7 Å². The van der Waals surface area contributed by atoms with Crippen LogP contribution in [0.2, 0.25) is 6.04 Å². The quantitative estimate of drug-likeness (QED) is 0.0544. The molecule has 56 heavy (non-hydrogen) atoms. The zero-order valence-electron chi connectivity index (χ0n) is 31.9. The smallest absolute Gasteiger partial charge is 0.151 e. The second-order valence-electron chi connectivity index (χ2n) is 14.3. The molecule has 7 aromatic rings. The lowest BCUT2D eigenvalue weighted by Crippen LogP contribution is -2.66. The van der Waals surface area contributed by atoms with Crippen LogP contribution >= 0.6 is 0 Å². The summed E-state index contributed by atoms with van der Waals surface area (Å²) < 4.78 is 2.38. The van der Waals surface area contributed by atoms with Gasteiger partial charge in [-0.2, -0.15) is 0 Å². The molecule has 1 aliphatic rings. The number of aromatic nitrogens is 1. The fraction of sp³-hybridized carbons (Fsp3) is 0.0755. The molecule has 0 spiro atoms. The van der Waals surface area contributed by atoms with E-state index in [9.17, 15) is 0 Å². The first kappa shape index (κ1) is 36.4. The minimum absolute atomic E-state index is 0.285. The molecular weight excluding hydrogens is 693 g/mol. The Morgan fingerprint density at radius 1 is 0.661 bits per heavy atom. The summed E-state index contributed by atoms with van der Waals surface area (Å²) in [5, 5.41) is 7.72. The van der Waals surface area contributed by atoms with Gasteiger partial charge >= 0.3 is 0 Å². The van der Waals surface area contributed by atoms with Crippen molar-refractivity contribution in [2.45, 2.75) is 12.5 Å². The Hall–Kier alpha value is -6.55. The number of hydrogen-bond donors (Lipinski definition) is 0. The van der Waals surface area contributed by atoms with Gasteiger partial charge in [-0.05, 0) is 62.2 Å². The molecule has 0 fully saturated rings. The van der Waals surface area contributed by atoms with Crippen LogP contribution in [-0.2, 0) is 0 Å². The highest BCUT2D eigenvalue weighted by Crippen LogP contribution is 2.32. The molecule has 0 amide bonds. The van der Waals surface area contributed by atoms with E-state index in [4.69, 9.17) is 4.99 Å². The molecule has 1 atom stereocenters. The van der Waals surface area contributed by atoms with Gasteiger partial charge in [-0.15, -0.1) is 0 Å². The maximum atomic E-state index is 4.97. The highest BCUT2D eigenvalue weighted by atomic mass is 28.3. The zero-order chi connectivity index (χ0) is 38.2. The molecule has 0 radical (unpaired) electrons. The standard InChI is InChI=1S/C53H46N2Si/c1-3-4-5-6-21-38-56(45-26-15-9-16-27-45,46-28-17-10-18-29-46)47-35-32-42(33-36-47)44-34-37-51-50(40-44)48-30-19-20-31-49(48)53(54-2)55(51)52(43-24-13-8-14-25-43)39-41-22-11-7-12-23-41/h3-22,24-37,39-41H,1,23,38H2,2H3/b5-4-,21-6-,52-39+,54-53?. The second-order valence-corrected chi connectivity index (χ2v) is 18.2. The van der Waals surface area contributed by atoms with E-state index in [-0.39, 0.29) is 5.92 Å². The molecule has 1 heterocycles. The van der Waals surface area contributed by atoms with Crippen LogP contribution in [-0.4, -0.2) is 19.7 Å². The van der Waals surface area contributed by atoms with Crippen LogP contribution in [0.4, 0.5) is 0 Å². The summed E-state index contributed by atoms with van der Waals surface area (Å²) >= 11 is 0. The van der Waals surface area contributed by atoms with Gasteiger partial charge in [0.05, 0.1) is 11.2 Å². The third kappa shape index (κ3) is 7.17. The Kier molecular flexibility index (Phi) is 11.0. The Labute approximate surface area is 331 Å². The summed E-state index contributed by atoms with van der Waals surface area (Å²) in [5.74, 6) is 0.285. The van der Waals surface area contributed by atoms with Gasteiger partial charge in [0.2, 0.25) is 0 Å². The maximum Gasteiger partial charge on any atom is 0.151 e. The molecular formula is C53H46N2Si. The first-order valence-electron chi connectivity index (χ1n) is 19.5. The summed E-state index contributed by atoms with van der Waals surface area (Å²) in [4.78, 5) is 4.97. The molecule has 1 aliphatic carbocycles. The number of allylic oxidation sites excluding steroid dienone is 10. The molecule has 0 aliphatic heterocycles. The molecule has 0 N–H and O–H groups in total. The van der Waals surface area contributed by atoms with Crippen molar-refractivity contribution in [2.75, 3.05) is 7.05 Å². The largest absolute Gasteiger partial charge is 0.294 e. The molecule has 0 saturated heterocycles. The van der Waals surface area contributed by atoms with E-state index in [0.29, 0.717) is 0 Å². The Bertz CT molecular complexity index is 2660. The van der Waals surface area contributed by atoms with Crippen molar-refractivity contribution in [1.82, 2.24) is 4.57 Å². The van der Waals surface area contributed by atoms with Crippen LogP contribution in [0.5, 0.6) is 0 Å². The van der Waals surface area contributed by atoms with Crippen molar-refractivity contribution in [2.24, 2.45) is 10.9 Å². The van der Waals surface area contributed by atoms with Crippen molar-refractivity contribution < 1.29 is 0 Å². The number of benzene rings is 6. The first-order chi connectivity index (χ1) is 27.7. The molecule has 272 valence electrons. The Balaban J connectivity index is 1.30. The molecule has 8 rings (SSSR count). The van der Waals surface area contributed by atoms with Crippen molar-refractivity contribution in [1.29, 1.82) is 0 Å². The van der Waals surface area contributed by atoms with Crippen molar-refractivity contribution >= 4 is 51.0 Å². The third-order valence-corrected chi connectivity index (χ3v) is 15.8. The molecule has 0 bridgehead atoms. The fourth-order valence-electron chi connectivity index (χ4n) is 8.29. The van der Waals surface area contributed by atoms with Crippen LogP contribution in [0.25, 0.3) is 38.5 Å². The van der Waals surface area contributed by atoms with Crippen molar-refractivity contribution in [3.8, 4) is 11.1 Å². The third-order valence-electron chi connectivity index (χ3n) is 11.0. The van der Waals surface area contributed by atoms with Crippen LogP contribution in [0.3, 0.4) is 0 Å². The molecule has 1 aromatic heterocycles. The molecule has 6 aromatic carbocycles. The number of pyridine rings is 1. The Morgan fingerprint density at radius 2 is 1.29 bits per heavy atom. The van der Waals surface area contributed by atoms with E-state index in [1.807, 2.05) is 19.2 Å². The maximum absolute atomic E-state index is 4.97. The molecule has 3 heteroatoms. The summed E-state index contributed by atoms with van der Waals surface area (Å²) in [6.07, 6.45) is 22.6. The van der Waals surface area contributed by atoms with E-state index in [1.165, 1.54) is 37.5 Å². The lowest BCUT2D eigenvalue weighted by molar-refractivity contribution is 0.816. The van der Waals surface area contributed by atoms with Gasteiger partial charge in [0.25, 0.3) is 0 Å². The molecule has 2 nitrogen and oxygen atoms in total. The van der Waals surface area contributed by atoms with E-state index < -0.39 is 8.07 Å². The van der Waals surface area contributed by atoms with Crippen molar-refractivity contribution in [3.63, 3.8) is 0 Å². The average molecular weight is 739 g/mol. The lowest BCUT2D eigenvalue weighted by Gasteiger charge is -2.33. The van der Waals surface area contributed by atoms with Gasteiger partial charge in [0.1, 0.15) is 5.49 Å². The predicted molar refractivity (Wildman–Crippen MR) is 243 cm³/mol. The molecule has 0 saturated carbocycles. The monoisotopic (exact) mass is 738 g/mol. The van der Waals surface area contributed by atoms with Gasteiger partial charge in [-0.1, -0.05) is 213 Å². The number of hydrogen-bond acceptors (Lipinski definition) is 1. The highest BCUT2D eigenvalue weighted by Gasteiger charge is 2.38. The number of nitrogens with zero attached hydrogens (tertiary/aromatic N) is 2. The first-order valence-corrected chi connectivity index (χ1v) is 21.7. The number of rotatable bonds is 11. The van der Waals surface area contributed by atoms with Crippen LogP contribution in [0.15, 0.2) is 230 Å². The van der Waals surface area contributed by atoms with Crippen LogP contribution < -0.4 is 21.0 Å². The summed E-state index contributed by atoms with van der Waals surface area (Å²) in [6, 6.07) is 59.0. The zero-order valence-corrected chi connectivity index (χ0v) is 32.9. The fourth-order valence-corrected chi connectivity index (χ4v) is 12.7. The Morgan fingerprint density at radius 3 is 1.93 bits per heavy atom. The van der Waals surface area contributed by atoms with Gasteiger partial charge in [-0.25, -0.2) is 0 Å². The summed E-state index contributed by atoms with van der Waals surface area (Å²) in [7, 11) is -0.534. The van der Waals surface area contributed by atoms with E-state index in [2.05, 4.69) is 217 Å². The molecule has 1 unspecified atom stereocenters. The van der Waals surface area contributed by atoms with Crippen LogP contribution in [0, 0.1) is 5.92 Å². The lowest BCUT2D eigenvalue weighted by atomic mass is 9.96. The SMILES string of the molecule is C=C/C=C\C=C/C[Si](c1ccccc1)(c1ccccc1)c1ccc(-c2ccc3c(c2)c2ccccc2c(=NC)n3/C(=C/C2C=CC=CC2)c2ccccc2)cc1. The minimum atomic E-state index is -2.45. The summed E-state index contributed by atoms with van der Waals surface area (Å²) in [5.41, 5.74) is 6.77. The van der Waals surface area contributed by atoms with E-state index in [0.717, 1.165) is 40.1 Å². The van der Waals surface area contributed by atoms with Gasteiger partial charge in [-0.3, -0.25) is 9.56 Å². The van der Waals surface area contributed by atoms with E-state index >= 15 is 0 Å².